The van der Waals surface area contributed by atoms with Crippen LogP contribution < -0.4 is 5.32 Å². The zero-order valence-corrected chi connectivity index (χ0v) is 12.4. The minimum absolute atomic E-state index is 0.183. The fourth-order valence-corrected chi connectivity index (χ4v) is 1.99. The number of hydrogen-bond donors (Lipinski definition) is 1. The van der Waals surface area contributed by atoms with E-state index in [1.165, 1.54) is 24.3 Å². The van der Waals surface area contributed by atoms with E-state index in [2.05, 4.69) is 5.32 Å². The minimum Gasteiger partial charge on any atom is -0.322 e. The molecule has 2 aromatic rings. The zero-order chi connectivity index (χ0) is 17.9. The van der Waals surface area contributed by atoms with Gasteiger partial charge in [-0.05, 0) is 48.4 Å². The molecular weight excluding hydrogens is 329 g/mol. The molecule has 0 aliphatic rings. The summed E-state index contributed by atoms with van der Waals surface area (Å²) in [6.07, 6.45) is -3.70. The van der Waals surface area contributed by atoms with Crippen molar-refractivity contribution < 1.29 is 26.7 Å². The molecule has 0 aliphatic carbocycles. The van der Waals surface area contributed by atoms with Gasteiger partial charge in [0.2, 0.25) is 5.91 Å². The second-order valence-electron chi connectivity index (χ2n) is 5.02. The smallest absolute Gasteiger partial charge is 0.322 e. The van der Waals surface area contributed by atoms with Crippen LogP contribution in [0, 0.1) is 11.6 Å². The summed E-state index contributed by atoms with van der Waals surface area (Å²) in [7, 11) is 0. The fraction of sp³-hybridized carbons (Fsp3) is 0.118. The van der Waals surface area contributed by atoms with Crippen molar-refractivity contribution in [2.75, 3.05) is 5.32 Å². The van der Waals surface area contributed by atoms with Crippen LogP contribution in [0.1, 0.15) is 18.1 Å². The van der Waals surface area contributed by atoms with Gasteiger partial charge in [0.1, 0.15) is 11.6 Å². The summed E-state index contributed by atoms with van der Waals surface area (Å²) in [4.78, 5) is 11.9. The van der Waals surface area contributed by atoms with Crippen LogP contribution in [0.15, 0.2) is 48.5 Å². The highest BCUT2D eigenvalue weighted by Crippen LogP contribution is 2.33. The number of amides is 1. The van der Waals surface area contributed by atoms with E-state index in [9.17, 15) is 26.7 Å². The quantitative estimate of drug-likeness (QED) is 0.616. The van der Waals surface area contributed by atoms with Crippen LogP contribution in [0.4, 0.5) is 27.6 Å². The van der Waals surface area contributed by atoms with Gasteiger partial charge in [-0.1, -0.05) is 12.1 Å². The van der Waals surface area contributed by atoms with Gasteiger partial charge in [-0.2, -0.15) is 13.2 Å². The number of anilines is 1. The van der Waals surface area contributed by atoms with Crippen molar-refractivity contribution in [1.82, 2.24) is 0 Å². The number of nitrogens with one attached hydrogen (secondary N) is 1. The van der Waals surface area contributed by atoms with Crippen molar-refractivity contribution in [2.45, 2.75) is 13.1 Å². The number of carbonyl (C=O) groups is 1. The van der Waals surface area contributed by atoms with Gasteiger partial charge in [-0.3, -0.25) is 4.79 Å². The van der Waals surface area contributed by atoms with Crippen LogP contribution in [-0.2, 0) is 11.0 Å². The maximum absolute atomic E-state index is 13.2. The lowest BCUT2D eigenvalue weighted by molar-refractivity contribution is -0.140. The van der Waals surface area contributed by atoms with Crippen molar-refractivity contribution in [2.24, 2.45) is 0 Å². The highest BCUT2D eigenvalue weighted by atomic mass is 19.4. The molecule has 0 unspecified atom stereocenters. The van der Waals surface area contributed by atoms with E-state index in [-0.39, 0.29) is 5.69 Å². The number of alkyl halides is 3. The molecule has 0 spiro atoms. The van der Waals surface area contributed by atoms with Crippen molar-refractivity contribution in [3.8, 4) is 0 Å². The molecule has 0 aromatic heterocycles. The Labute approximate surface area is 134 Å². The molecule has 7 heteroatoms. The molecule has 0 heterocycles. The Bertz CT molecular complexity index is 779. The van der Waals surface area contributed by atoms with Crippen molar-refractivity contribution in [3.63, 3.8) is 0 Å². The number of benzene rings is 2. The standard InChI is InChI=1S/C17H12F5NO/c1-10(11-2-4-12(18)5-3-11)8-16(24)23-13-6-7-15(19)14(9-13)17(20,21)22/h2-9H,1H3,(H,23,24)/b10-8+. The van der Waals surface area contributed by atoms with Crippen LogP contribution in [0.25, 0.3) is 5.57 Å². The first-order chi connectivity index (χ1) is 11.2. The van der Waals surface area contributed by atoms with Gasteiger partial charge >= 0.3 is 6.18 Å². The normalized spacial score (nSPS) is 12.2. The maximum Gasteiger partial charge on any atom is 0.419 e. The Hall–Kier alpha value is -2.70. The average molecular weight is 341 g/mol. The van der Waals surface area contributed by atoms with E-state index in [0.29, 0.717) is 23.3 Å². The van der Waals surface area contributed by atoms with Gasteiger partial charge in [-0.15, -0.1) is 0 Å². The predicted octanol–water partition coefficient (Wildman–Crippen LogP) is 5.03. The summed E-state index contributed by atoms with van der Waals surface area (Å²) < 4.78 is 63.9. The van der Waals surface area contributed by atoms with Crippen LogP contribution in [0.2, 0.25) is 0 Å². The van der Waals surface area contributed by atoms with E-state index in [4.69, 9.17) is 0 Å². The van der Waals surface area contributed by atoms with Crippen molar-refractivity contribution in [3.05, 3.63) is 71.3 Å². The molecule has 0 fully saturated rings. The molecule has 0 saturated carbocycles. The second-order valence-corrected chi connectivity index (χ2v) is 5.02. The van der Waals surface area contributed by atoms with Crippen LogP contribution in [-0.4, -0.2) is 5.91 Å². The zero-order valence-electron chi connectivity index (χ0n) is 12.4. The summed E-state index contributed by atoms with van der Waals surface area (Å²) in [5.74, 6) is -2.53. The van der Waals surface area contributed by atoms with E-state index in [1.807, 2.05) is 0 Å². The number of halogens is 5. The highest BCUT2D eigenvalue weighted by molar-refractivity contribution is 6.03. The van der Waals surface area contributed by atoms with Gasteiger partial charge in [0, 0.05) is 11.8 Å². The van der Waals surface area contributed by atoms with Gasteiger partial charge < -0.3 is 5.32 Å². The number of rotatable bonds is 3. The Balaban J connectivity index is 2.18. The summed E-state index contributed by atoms with van der Waals surface area (Å²) in [5.41, 5.74) is -0.566. The van der Waals surface area contributed by atoms with E-state index >= 15 is 0 Å². The molecule has 126 valence electrons. The number of carbonyl (C=O) groups excluding carboxylic acids is 1. The fourth-order valence-electron chi connectivity index (χ4n) is 1.99. The third-order valence-corrected chi connectivity index (χ3v) is 3.19. The van der Waals surface area contributed by atoms with E-state index in [0.717, 1.165) is 12.1 Å². The predicted molar refractivity (Wildman–Crippen MR) is 80.1 cm³/mol. The van der Waals surface area contributed by atoms with Crippen LogP contribution in [0.3, 0.4) is 0 Å². The monoisotopic (exact) mass is 341 g/mol. The molecule has 24 heavy (non-hydrogen) atoms. The largest absolute Gasteiger partial charge is 0.419 e. The Morgan fingerprint density at radius 3 is 2.25 bits per heavy atom. The maximum atomic E-state index is 13.2. The molecule has 1 amide bonds. The molecule has 2 nitrogen and oxygen atoms in total. The van der Waals surface area contributed by atoms with Gasteiger partial charge in [-0.25, -0.2) is 8.78 Å². The Kier molecular flexibility index (Phi) is 5.02. The molecular formula is C17H12F5NO. The lowest BCUT2D eigenvalue weighted by atomic mass is 10.1. The SMILES string of the molecule is C/C(=C\C(=O)Nc1ccc(F)c(C(F)(F)F)c1)c1ccc(F)cc1. The first-order valence-electron chi connectivity index (χ1n) is 6.79. The average Bonchev–Trinajstić information content (AvgIpc) is 2.48. The highest BCUT2D eigenvalue weighted by Gasteiger charge is 2.34. The molecule has 0 bridgehead atoms. The summed E-state index contributed by atoms with van der Waals surface area (Å²) in [6, 6.07) is 7.56. The third kappa shape index (κ3) is 4.41. The molecule has 2 rings (SSSR count). The van der Waals surface area contributed by atoms with Crippen LogP contribution in [0.5, 0.6) is 0 Å². The third-order valence-electron chi connectivity index (χ3n) is 3.19. The van der Waals surface area contributed by atoms with Gasteiger partial charge in [0.25, 0.3) is 0 Å². The number of hydrogen-bond acceptors (Lipinski definition) is 1. The Morgan fingerprint density at radius 1 is 1.04 bits per heavy atom. The van der Waals surface area contributed by atoms with E-state index < -0.39 is 29.3 Å². The minimum atomic E-state index is -4.86. The Morgan fingerprint density at radius 2 is 1.67 bits per heavy atom. The first-order valence-corrected chi connectivity index (χ1v) is 6.79. The second kappa shape index (κ2) is 6.82. The molecule has 2 aromatic carbocycles. The first kappa shape index (κ1) is 17.7. The molecule has 0 radical (unpaired) electrons. The van der Waals surface area contributed by atoms with Crippen molar-refractivity contribution >= 4 is 17.2 Å². The van der Waals surface area contributed by atoms with Crippen LogP contribution >= 0.6 is 0 Å². The summed E-state index contributed by atoms with van der Waals surface area (Å²) in [5, 5.41) is 2.24. The molecule has 0 saturated heterocycles. The lowest BCUT2D eigenvalue weighted by Gasteiger charge is -2.10. The molecule has 1 N–H and O–H groups in total. The lowest BCUT2D eigenvalue weighted by Crippen LogP contribution is -2.12. The van der Waals surface area contributed by atoms with Crippen molar-refractivity contribution in [1.29, 1.82) is 0 Å². The van der Waals surface area contributed by atoms with Gasteiger partial charge in [0.05, 0.1) is 5.56 Å². The summed E-state index contributed by atoms with van der Waals surface area (Å²) in [6.45, 7) is 1.60. The number of allylic oxidation sites excluding steroid dienone is 1. The van der Waals surface area contributed by atoms with Gasteiger partial charge in [0.15, 0.2) is 0 Å². The van der Waals surface area contributed by atoms with E-state index in [1.54, 1.807) is 6.92 Å². The summed E-state index contributed by atoms with van der Waals surface area (Å²) >= 11 is 0. The molecule has 0 atom stereocenters. The molecule has 0 aliphatic heterocycles. The topological polar surface area (TPSA) is 29.1 Å².